The molecular weight excluding hydrogens is 444 g/mol. The number of carbonyl (C=O) groups excluding carboxylic acids is 2. The number of ether oxygens (including phenoxy) is 1. The molecule has 2 aromatic rings. The Morgan fingerprint density at radius 2 is 2.06 bits per heavy atom. The summed E-state index contributed by atoms with van der Waals surface area (Å²) in [6.45, 7) is 2.90. The van der Waals surface area contributed by atoms with Crippen LogP contribution in [0.2, 0.25) is 0 Å². The molecule has 3 N–H and O–H groups in total. The fourth-order valence-electron chi connectivity index (χ4n) is 4.44. The molecule has 8 nitrogen and oxygen atoms in total. The highest BCUT2D eigenvalue weighted by atomic mass is 16.5. The van der Waals surface area contributed by atoms with Crippen molar-refractivity contribution in [1.29, 1.82) is 0 Å². The van der Waals surface area contributed by atoms with Gasteiger partial charge in [-0.1, -0.05) is 50.1 Å². The van der Waals surface area contributed by atoms with Gasteiger partial charge in [0.05, 0.1) is 18.4 Å². The third kappa shape index (κ3) is 6.39. The van der Waals surface area contributed by atoms with Crippen LogP contribution in [0.4, 0.5) is 5.69 Å². The highest BCUT2D eigenvalue weighted by Gasteiger charge is 2.38. The number of hydrogen-bond donors (Lipinski definition) is 3. The highest BCUT2D eigenvalue weighted by molar-refractivity contribution is 6.07. The zero-order valence-electron chi connectivity index (χ0n) is 20.2. The summed E-state index contributed by atoms with van der Waals surface area (Å²) in [6.07, 6.45) is 5.16. The van der Waals surface area contributed by atoms with Gasteiger partial charge in [-0.25, -0.2) is 4.99 Å². The van der Waals surface area contributed by atoms with E-state index in [-0.39, 0.29) is 24.5 Å². The molecule has 0 aliphatic carbocycles. The van der Waals surface area contributed by atoms with Gasteiger partial charge in [-0.05, 0) is 43.0 Å². The zero-order chi connectivity index (χ0) is 24.6. The Balaban J connectivity index is 1.36. The summed E-state index contributed by atoms with van der Waals surface area (Å²) in [5.41, 5.74) is 2.80. The van der Waals surface area contributed by atoms with Gasteiger partial charge in [0.25, 0.3) is 5.91 Å². The topological polar surface area (TPSA) is 103 Å². The number of nitrogens with zero attached hydrogens (tertiary/aromatic N) is 2. The molecule has 0 spiro atoms. The van der Waals surface area contributed by atoms with E-state index >= 15 is 0 Å². The first-order valence-corrected chi connectivity index (χ1v) is 12.4. The number of fused-ring (bicyclic) bond motifs is 2. The van der Waals surface area contributed by atoms with Crippen molar-refractivity contribution in [3.63, 3.8) is 0 Å². The molecular formula is C27H34N4O4. The Bertz CT molecular complexity index is 1060. The standard InChI is InChI=1S/C27H34N4O4/c1-2-3-5-10-21(12-14-25(33)28-16-19-8-6-4-7-9-19)35-22-11-13-23-20(15-22)17-31-24(18-32)26(34)30-27(31)29-23/h4,6-9,11,13,15,21,24,32H,2-3,5,10,12,14,16-18H2,1H3,(H,28,33)(H,29,30,34). The number of hydrogen-bond acceptors (Lipinski definition) is 6. The Morgan fingerprint density at radius 3 is 2.83 bits per heavy atom. The van der Waals surface area contributed by atoms with Gasteiger partial charge < -0.3 is 20.1 Å². The van der Waals surface area contributed by atoms with E-state index in [2.05, 4.69) is 22.5 Å². The van der Waals surface area contributed by atoms with Crippen LogP contribution < -0.4 is 15.4 Å². The van der Waals surface area contributed by atoms with Crippen molar-refractivity contribution in [2.75, 3.05) is 6.61 Å². The Hall–Kier alpha value is -3.39. The van der Waals surface area contributed by atoms with Gasteiger partial charge in [-0.15, -0.1) is 0 Å². The number of rotatable bonds is 12. The van der Waals surface area contributed by atoms with Crippen LogP contribution in [0.1, 0.15) is 56.6 Å². The van der Waals surface area contributed by atoms with E-state index in [0.29, 0.717) is 31.9 Å². The number of nitrogens with one attached hydrogen (secondary N) is 2. The van der Waals surface area contributed by atoms with Crippen LogP contribution >= 0.6 is 0 Å². The Morgan fingerprint density at radius 1 is 1.23 bits per heavy atom. The van der Waals surface area contributed by atoms with Gasteiger partial charge in [0.15, 0.2) is 0 Å². The summed E-state index contributed by atoms with van der Waals surface area (Å²) in [5, 5.41) is 15.3. The number of unbranched alkanes of at least 4 members (excludes halogenated alkanes) is 2. The first kappa shape index (κ1) is 24.7. The van der Waals surface area contributed by atoms with E-state index in [1.807, 2.05) is 48.5 Å². The third-order valence-corrected chi connectivity index (χ3v) is 6.44. The first-order chi connectivity index (χ1) is 17.1. The van der Waals surface area contributed by atoms with E-state index in [4.69, 9.17) is 4.74 Å². The van der Waals surface area contributed by atoms with Crippen molar-refractivity contribution in [1.82, 2.24) is 15.5 Å². The molecule has 186 valence electrons. The average Bonchev–Trinajstić information content (AvgIpc) is 3.18. The largest absolute Gasteiger partial charge is 0.490 e. The highest BCUT2D eigenvalue weighted by Crippen LogP contribution is 2.32. The smallest absolute Gasteiger partial charge is 0.251 e. The summed E-state index contributed by atoms with van der Waals surface area (Å²) in [7, 11) is 0. The molecule has 0 bridgehead atoms. The Kier molecular flexibility index (Phi) is 8.36. The van der Waals surface area contributed by atoms with Crippen LogP contribution in [0.15, 0.2) is 53.5 Å². The predicted octanol–water partition coefficient (Wildman–Crippen LogP) is 3.40. The summed E-state index contributed by atoms with van der Waals surface area (Å²) in [5.74, 6) is 0.991. The van der Waals surface area contributed by atoms with Crippen molar-refractivity contribution in [2.45, 2.75) is 70.7 Å². The minimum atomic E-state index is -0.623. The lowest BCUT2D eigenvalue weighted by atomic mass is 10.1. The number of carbonyl (C=O) groups is 2. The maximum Gasteiger partial charge on any atom is 0.251 e. The number of aliphatic hydroxyl groups is 1. The number of aliphatic hydroxyl groups excluding tert-OH is 1. The third-order valence-electron chi connectivity index (χ3n) is 6.44. The summed E-state index contributed by atoms with van der Waals surface area (Å²) >= 11 is 0. The lowest BCUT2D eigenvalue weighted by Gasteiger charge is -2.27. The molecule has 2 unspecified atom stereocenters. The molecule has 8 heteroatoms. The number of amides is 2. The van der Waals surface area contributed by atoms with Crippen molar-refractivity contribution >= 4 is 23.5 Å². The summed E-state index contributed by atoms with van der Waals surface area (Å²) in [4.78, 5) is 30.8. The van der Waals surface area contributed by atoms with E-state index in [9.17, 15) is 14.7 Å². The lowest BCUT2D eigenvalue weighted by molar-refractivity contribution is -0.123. The van der Waals surface area contributed by atoms with Crippen LogP contribution in [0, 0.1) is 0 Å². The predicted molar refractivity (Wildman–Crippen MR) is 134 cm³/mol. The second kappa shape index (κ2) is 11.8. The van der Waals surface area contributed by atoms with Crippen LogP contribution in [0.3, 0.4) is 0 Å². The number of guanidine groups is 1. The van der Waals surface area contributed by atoms with E-state index in [0.717, 1.165) is 48.2 Å². The van der Waals surface area contributed by atoms with E-state index in [1.54, 1.807) is 4.90 Å². The number of aliphatic imine (C=N–C) groups is 1. The summed E-state index contributed by atoms with van der Waals surface area (Å²) < 4.78 is 6.35. The molecule has 0 aromatic heterocycles. The second-order valence-electron chi connectivity index (χ2n) is 9.08. The minimum absolute atomic E-state index is 0.0199. The molecule has 2 amide bonds. The molecule has 35 heavy (non-hydrogen) atoms. The molecule has 4 rings (SSSR count). The number of benzene rings is 2. The molecule has 1 saturated heterocycles. The van der Waals surface area contributed by atoms with Gasteiger partial charge in [0.1, 0.15) is 11.8 Å². The van der Waals surface area contributed by atoms with E-state index < -0.39 is 6.04 Å². The maximum absolute atomic E-state index is 12.4. The molecule has 2 aliphatic heterocycles. The Labute approximate surface area is 206 Å². The minimum Gasteiger partial charge on any atom is -0.490 e. The maximum atomic E-state index is 12.4. The summed E-state index contributed by atoms with van der Waals surface area (Å²) in [6, 6.07) is 15.0. The first-order valence-electron chi connectivity index (χ1n) is 12.4. The molecule has 2 heterocycles. The van der Waals surface area contributed by atoms with Gasteiger partial charge in [-0.3, -0.25) is 14.9 Å². The van der Waals surface area contributed by atoms with Crippen molar-refractivity contribution in [3.05, 3.63) is 59.7 Å². The fraction of sp³-hybridized carbons (Fsp3) is 0.444. The molecule has 0 saturated carbocycles. The van der Waals surface area contributed by atoms with Crippen molar-refractivity contribution < 1.29 is 19.4 Å². The molecule has 1 fully saturated rings. The lowest BCUT2D eigenvalue weighted by Crippen LogP contribution is -2.39. The molecule has 2 atom stereocenters. The van der Waals surface area contributed by atoms with Crippen molar-refractivity contribution in [3.8, 4) is 5.75 Å². The van der Waals surface area contributed by atoms with Crippen LogP contribution in [0.25, 0.3) is 0 Å². The van der Waals surface area contributed by atoms with Crippen molar-refractivity contribution in [2.24, 2.45) is 4.99 Å². The quantitative estimate of drug-likeness (QED) is 0.406. The monoisotopic (exact) mass is 478 g/mol. The molecule has 2 aromatic carbocycles. The fourth-order valence-corrected chi connectivity index (χ4v) is 4.44. The average molecular weight is 479 g/mol. The van der Waals surface area contributed by atoms with Gasteiger partial charge in [-0.2, -0.15) is 0 Å². The molecule has 0 radical (unpaired) electrons. The normalized spacial score (nSPS) is 17.2. The van der Waals surface area contributed by atoms with Crippen LogP contribution in [0.5, 0.6) is 5.75 Å². The zero-order valence-corrected chi connectivity index (χ0v) is 20.2. The molecule has 2 aliphatic rings. The van der Waals surface area contributed by atoms with E-state index in [1.165, 1.54) is 0 Å². The van der Waals surface area contributed by atoms with Gasteiger partial charge >= 0.3 is 0 Å². The van der Waals surface area contributed by atoms with Gasteiger partial charge in [0.2, 0.25) is 11.9 Å². The van der Waals surface area contributed by atoms with Gasteiger partial charge in [0, 0.05) is 25.1 Å². The van der Waals surface area contributed by atoms with Crippen LogP contribution in [-0.2, 0) is 22.7 Å². The van der Waals surface area contributed by atoms with Crippen LogP contribution in [-0.4, -0.2) is 46.5 Å². The SMILES string of the molecule is CCCCCC(CCC(=O)NCc1ccccc1)Oc1ccc2c(c1)CN1C(=N2)NC(=O)C1CO. The second-order valence-corrected chi connectivity index (χ2v) is 9.08.